The quantitative estimate of drug-likeness (QED) is 0.613. The number of hydrogen-bond donors (Lipinski definition) is 0. The lowest BCUT2D eigenvalue weighted by atomic mass is 10.1. The number of fused-ring (bicyclic) bond motifs is 1. The van der Waals surface area contributed by atoms with Crippen molar-refractivity contribution in [3.63, 3.8) is 0 Å². The fourth-order valence-corrected chi connectivity index (χ4v) is 4.75. The van der Waals surface area contributed by atoms with Crippen molar-refractivity contribution in [2.24, 2.45) is 0 Å². The Morgan fingerprint density at radius 3 is 2.43 bits per heavy atom. The maximum atomic E-state index is 13.9. The van der Waals surface area contributed by atoms with Crippen LogP contribution in [0.4, 0.5) is 18.9 Å². The van der Waals surface area contributed by atoms with Gasteiger partial charge in [-0.2, -0.15) is 3.97 Å². The van der Waals surface area contributed by atoms with Gasteiger partial charge in [0.25, 0.3) is 6.43 Å². The number of hydrogen-bond acceptors (Lipinski definition) is 3. The summed E-state index contributed by atoms with van der Waals surface area (Å²) in [4.78, 5) is 4.50. The van der Waals surface area contributed by atoms with Crippen molar-refractivity contribution >= 4 is 28.0 Å². The molecular weight excluding hydrogens is 387 g/mol. The molecule has 2 aromatic carbocycles. The Bertz CT molecular complexity index is 986. The van der Waals surface area contributed by atoms with Crippen molar-refractivity contribution < 1.29 is 17.7 Å². The highest BCUT2D eigenvalue weighted by atomic mass is 32.2. The highest BCUT2D eigenvalue weighted by molar-refractivity contribution is 7.90. The summed E-state index contributed by atoms with van der Waals surface area (Å²) in [7, 11) is 2.03. The Balaban J connectivity index is 1.84. The summed E-state index contributed by atoms with van der Waals surface area (Å²) in [5.74, 6) is -0.519. The Hall–Kier alpha value is -2.16. The summed E-state index contributed by atoms with van der Waals surface area (Å²) in [6.45, 7) is 3.15. The van der Waals surface area contributed by atoms with E-state index in [1.165, 1.54) is 28.4 Å². The van der Waals surface area contributed by atoms with E-state index in [1.807, 2.05) is 13.1 Å². The van der Waals surface area contributed by atoms with Gasteiger partial charge in [0.1, 0.15) is 22.7 Å². The topological polar surface area (TPSA) is 34.5 Å². The predicted octanol–water partition coefficient (Wildman–Crippen LogP) is 4.04. The van der Waals surface area contributed by atoms with E-state index in [-0.39, 0.29) is 10.5 Å². The first-order chi connectivity index (χ1) is 13.5. The lowest BCUT2D eigenvalue weighted by Gasteiger charge is -2.34. The van der Waals surface area contributed by atoms with E-state index in [0.717, 1.165) is 37.9 Å². The predicted molar refractivity (Wildman–Crippen MR) is 105 cm³/mol. The summed E-state index contributed by atoms with van der Waals surface area (Å²) in [5, 5.41) is 0.409. The van der Waals surface area contributed by atoms with Crippen molar-refractivity contribution in [2.45, 2.75) is 11.3 Å². The van der Waals surface area contributed by atoms with Crippen LogP contribution in [0.2, 0.25) is 0 Å². The number of halogens is 3. The van der Waals surface area contributed by atoms with Crippen LogP contribution < -0.4 is 4.90 Å². The van der Waals surface area contributed by atoms with Gasteiger partial charge >= 0.3 is 0 Å². The van der Waals surface area contributed by atoms with E-state index in [1.54, 1.807) is 12.1 Å². The van der Waals surface area contributed by atoms with Crippen molar-refractivity contribution in [1.29, 1.82) is 0 Å². The molecule has 0 amide bonds. The first-order valence-electron chi connectivity index (χ1n) is 8.99. The third kappa shape index (κ3) is 3.47. The van der Waals surface area contributed by atoms with Gasteiger partial charge in [0.15, 0.2) is 4.90 Å². The molecule has 148 valence electrons. The zero-order chi connectivity index (χ0) is 19.8. The number of aromatic nitrogens is 1. The summed E-state index contributed by atoms with van der Waals surface area (Å²) in [6.07, 6.45) is -1.47. The Morgan fingerprint density at radius 2 is 1.75 bits per heavy atom. The highest BCUT2D eigenvalue weighted by Gasteiger charge is 2.27. The molecule has 1 fully saturated rings. The van der Waals surface area contributed by atoms with Crippen LogP contribution in [-0.2, 0) is 11.4 Å². The molecule has 8 heteroatoms. The fourth-order valence-electron chi connectivity index (χ4n) is 3.57. The number of piperazine rings is 1. The van der Waals surface area contributed by atoms with Crippen LogP contribution in [0, 0.1) is 5.82 Å². The lowest BCUT2D eigenvalue weighted by molar-refractivity contribution is 0.153. The molecule has 4 nitrogen and oxygen atoms in total. The van der Waals surface area contributed by atoms with Gasteiger partial charge in [0, 0.05) is 43.3 Å². The number of nitrogens with zero attached hydrogens (tertiary/aromatic N) is 3. The van der Waals surface area contributed by atoms with Crippen LogP contribution in [0.3, 0.4) is 0 Å². The normalized spacial score (nSPS) is 16.9. The van der Waals surface area contributed by atoms with Gasteiger partial charge in [-0.05, 0) is 31.3 Å². The van der Waals surface area contributed by atoms with Crippen molar-refractivity contribution in [3.8, 4) is 0 Å². The van der Waals surface area contributed by atoms with E-state index in [0.29, 0.717) is 10.9 Å². The molecular formula is C20H20F3N3OS. The minimum atomic E-state index is -2.71. The van der Waals surface area contributed by atoms with E-state index >= 15 is 0 Å². The number of alkyl halides is 2. The van der Waals surface area contributed by atoms with E-state index in [4.69, 9.17) is 0 Å². The minimum absolute atomic E-state index is 0.158. The molecule has 0 spiro atoms. The molecule has 1 aliphatic rings. The van der Waals surface area contributed by atoms with Gasteiger partial charge in [-0.25, -0.2) is 13.2 Å². The van der Waals surface area contributed by atoms with Crippen LogP contribution >= 0.6 is 0 Å². The molecule has 0 aliphatic carbocycles. The molecule has 0 bridgehead atoms. The zero-order valence-corrected chi connectivity index (χ0v) is 16.1. The molecule has 2 heterocycles. The number of rotatable bonds is 4. The highest BCUT2D eigenvalue weighted by Crippen LogP contribution is 2.38. The molecule has 0 radical (unpaired) electrons. The molecule has 1 aromatic heterocycles. The second kappa shape index (κ2) is 7.69. The number of likely N-dealkylation sites (N-methyl/N-ethyl adjacent to an activating group) is 1. The van der Waals surface area contributed by atoms with Crippen LogP contribution in [-0.4, -0.2) is 46.7 Å². The molecule has 1 aliphatic heterocycles. The van der Waals surface area contributed by atoms with E-state index in [2.05, 4.69) is 9.80 Å². The van der Waals surface area contributed by atoms with Gasteiger partial charge in [-0.1, -0.05) is 12.1 Å². The molecule has 0 N–H and O–H groups in total. The zero-order valence-electron chi connectivity index (χ0n) is 15.3. The van der Waals surface area contributed by atoms with Crippen molar-refractivity contribution in [1.82, 2.24) is 8.87 Å². The van der Waals surface area contributed by atoms with Gasteiger partial charge in [-0.3, -0.25) is 0 Å². The van der Waals surface area contributed by atoms with Gasteiger partial charge < -0.3 is 14.4 Å². The van der Waals surface area contributed by atoms with Crippen molar-refractivity contribution in [3.05, 3.63) is 60.0 Å². The maximum Gasteiger partial charge on any atom is 0.266 e. The maximum absolute atomic E-state index is 13.9. The lowest BCUT2D eigenvalue weighted by Crippen LogP contribution is -2.44. The fraction of sp³-hybridized carbons (Fsp3) is 0.300. The van der Waals surface area contributed by atoms with Gasteiger partial charge in [0.05, 0.1) is 11.8 Å². The van der Waals surface area contributed by atoms with Gasteiger partial charge in [-0.15, -0.1) is 0 Å². The third-order valence-corrected chi connectivity index (χ3v) is 6.37. The largest absolute Gasteiger partial charge is 0.587 e. The van der Waals surface area contributed by atoms with Crippen molar-refractivity contribution in [2.75, 3.05) is 38.1 Å². The SMILES string of the molecule is CN1CCN(c2cccc3c2c(C(F)F)cn3[S+]([O-])c2cccc(F)c2)CC1. The smallest absolute Gasteiger partial charge is 0.266 e. The molecule has 0 saturated carbocycles. The molecule has 1 atom stereocenters. The Labute approximate surface area is 164 Å². The van der Waals surface area contributed by atoms with Crippen LogP contribution in [0.5, 0.6) is 0 Å². The third-order valence-electron chi connectivity index (χ3n) is 5.06. The van der Waals surface area contributed by atoms with Crippen LogP contribution in [0.15, 0.2) is 53.6 Å². The van der Waals surface area contributed by atoms with Gasteiger partial charge in [0.2, 0.25) is 0 Å². The molecule has 1 unspecified atom stereocenters. The molecule has 28 heavy (non-hydrogen) atoms. The number of benzene rings is 2. The first-order valence-corrected chi connectivity index (χ1v) is 10.1. The second-order valence-electron chi connectivity index (χ2n) is 6.88. The van der Waals surface area contributed by atoms with Crippen LogP contribution in [0.1, 0.15) is 12.0 Å². The first kappa shape index (κ1) is 19.2. The number of anilines is 1. The standard InChI is InChI=1S/C20H20F3N3OS/c1-24-8-10-25(11-9-24)17-6-3-7-18-19(17)16(20(22)23)13-26(18)28(27)15-5-2-4-14(21)12-15/h2-7,12-13,20H,8-11H2,1H3. The molecule has 1 saturated heterocycles. The summed E-state index contributed by atoms with van der Waals surface area (Å²) in [5.41, 5.74) is 1.01. The van der Waals surface area contributed by atoms with E-state index < -0.39 is 23.6 Å². The van der Waals surface area contributed by atoms with E-state index in [9.17, 15) is 17.7 Å². The van der Waals surface area contributed by atoms with Crippen LogP contribution in [0.25, 0.3) is 10.9 Å². The second-order valence-corrected chi connectivity index (χ2v) is 8.24. The summed E-state index contributed by atoms with van der Waals surface area (Å²) >= 11 is -1.83. The monoisotopic (exact) mass is 407 g/mol. The molecule has 4 rings (SSSR count). The Morgan fingerprint density at radius 1 is 1.04 bits per heavy atom. The Kier molecular flexibility index (Phi) is 5.27. The average Bonchev–Trinajstić information content (AvgIpc) is 3.08. The minimum Gasteiger partial charge on any atom is -0.587 e. The molecule has 3 aromatic rings. The summed E-state index contributed by atoms with van der Waals surface area (Å²) < 4.78 is 55.6. The average molecular weight is 407 g/mol. The summed E-state index contributed by atoms with van der Waals surface area (Å²) in [6, 6.07) is 10.7.